The molecule has 2 atom stereocenters. The second-order valence-corrected chi connectivity index (χ2v) is 10.7. The Morgan fingerprint density at radius 3 is 1.76 bits per heavy atom. The molecule has 6 heteroatoms. The Morgan fingerprint density at radius 1 is 0.757 bits per heavy atom. The molecule has 0 aliphatic heterocycles. The number of carbonyl (C=O) groups is 3. The van der Waals surface area contributed by atoms with Crippen LogP contribution in [-0.4, -0.2) is 36.7 Å². The molecule has 1 fully saturated rings. The number of carbonyl (C=O) groups excluding carboxylic acids is 3. The van der Waals surface area contributed by atoms with Crippen molar-refractivity contribution in [3.8, 4) is 0 Å². The highest BCUT2D eigenvalue weighted by Crippen LogP contribution is 2.37. The van der Waals surface area contributed by atoms with Gasteiger partial charge in [0.2, 0.25) is 5.60 Å². The summed E-state index contributed by atoms with van der Waals surface area (Å²) in [6.45, 7) is 8.54. The van der Waals surface area contributed by atoms with E-state index >= 15 is 0 Å². The Balaban J connectivity index is 2.38. The van der Waals surface area contributed by atoms with Crippen molar-refractivity contribution in [2.75, 3.05) is 13.2 Å². The Hall–Kier alpha value is -1.85. The van der Waals surface area contributed by atoms with Gasteiger partial charge in [0.15, 0.2) is 0 Å². The monoisotopic (exact) mass is 522 g/mol. The van der Waals surface area contributed by atoms with Gasteiger partial charge in [-0.05, 0) is 32.1 Å². The zero-order chi connectivity index (χ0) is 27.2. The number of esters is 3. The van der Waals surface area contributed by atoms with Gasteiger partial charge in [-0.1, -0.05) is 110 Å². The molecule has 37 heavy (non-hydrogen) atoms. The molecule has 0 bridgehead atoms. The molecule has 1 aliphatic carbocycles. The summed E-state index contributed by atoms with van der Waals surface area (Å²) in [4.78, 5) is 37.8. The fraction of sp³-hybridized carbons (Fsp3) is 0.839. The normalized spacial score (nSPS) is 19.2. The zero-order valence-electron chi connectivity index (χ0n) is 23.9. The average Bonchev–Trinajstić information content (AvgIpc) is 2.91. The van der Waals surface area contributed by atoms with Gasteiger partial charge < -0.3 is 14.2 Å². The second-order valence-electron chi connectivity index (χ2n) is 10.7. The highest BCUT2D eigenvalue weighted by molar-refractivity contribution is 5.88. The number of rotatable bonds is 22. The van der Waals surface area contributed by atoms with Gasteiger partial charge >= 0.3 is 17.9 Å². The van der Waals surface area contributed by atoms with Gasteiger partial charge in [-0.25, -0.2) is 9.59 Å². The molecule has 2 unspecified atom stereocenters. The minimum atomic E-state index is -1.44. The molecule has 1 saturated carbocycles. The number of hydrogen-bond acceptors (Lipinski definition) is 6. The third-order valence-electron chi connectivity index (χ3n) is 7.35. The van der Waals surface area contributed by atoms with Crippen LogP contribution >= 0.6 is 0 Å². The van der Waals surface area contributed by atoms with Crippen molar-refractivity contribution < 1.29 is 28.6 Å². The molecule has 0 spiro atoms. The maximum atomic E-state index is 13.0. The van der Waals surface area contributed by atoms with Crippen molar-refractivity contribution in [1.29, 1.82) is 0 Å². The van der Waals surface area contributed by atoms with Gasteiger partial charge in [-0.15, -0.1) is 0 Å². The van der Waals surface area contributed by atoms with Crippen molar-refractivity contribution in [2.24, 2.45) is 5.92 Å². The van der Waals surface area contributed by atoms with Gasteiger partial charge in [0.1, 0.15) is 0 Å². The minimum Gasteiger partial charge on any atom is -0.465 e. The molecule has 0 amide bonds. The molecule has 0 aromatic rings. The van der Waals surface area contributed by atoms with Crippen LogP contribution in [0.25, 0.3) is 0 Å². The lowest BCUT2D eigenvalue weighted by molar-refractivity contribution is -0.188. The van der Waals surface area contributed by atoms with Crippen LogP contribution in [0.4, 0.5) is 0 Å². The molecular weight excluding hydrogens is 468 g/mol. The summed E-state index contributed by atoms with van der Waals surface area (Å²) in [6, 6.07) is 0. The molecule has 0 saturated heterocycles. The van der Waals surface area contributed by atoms with Crippen LogP contribution in [-0.2, 0) is 28.6 Å². The average molecular weight is 523 g/mol. The van der Waals surface area contributed by atoms with E-state index in [9.17, 15) is 14.4 Å². The summed E-state index contributed by atoms with van der Waals surface area (Å²) in [7, 11) is 0. The number of hydrogen-bond donors (Lipinski definition) is 0. The van der Waals surface area contributed by atoms with E-state index in [4.69, 9.17) is 14.2 Å². The van der Waals surface area contributed by atoms with E-state index in [-0.39, 0.29) is 12.4 Å². The summed E-state index contributed by atoms with van der Waals surface area (Å²) in [5.41, 5.74) is -1.44. The predicted octanol–water partition coefficient (Wildman–Crippen LogP) is 8.01. The third kappa shape index (κ3) is 14.6. The first kappa shape index (κ1) is 33.2. The van der Waals surface area contributed by atoms with E-state index in [0.717, 1.165) is 51.0 Å². The summed E-state index contributed by atoms with van der Waals surface area (Å²) in [5.74, 6) is -2.01. The summed E-state index contributed by atoms with van der Waals surface area (Å²) < 4.78 is 16.6. The van der Waals surface area contributed by atoms with Crippen LogP contribution in [0.15, 0.2) is 12.7 Å². The third-order valence-corrected chi connectivity index (χ3v) is 7.35. The van der Waals surface area contributed by atoms with E-state index in [2.05, 4.69) is 20.4 Å². The quantitative estimate of drug-likeness (QED) is 0.0620. The second kappa shape index (κ2) is 21.1. The number of unbranched alkanes of at least 4 members (excludes halogenated alkanes) is 14. The maximum absolute atomic E-state index is 13.0. The molecule has 0 aromatic heterocycles. The van der Waals surface area contributed by atoms with E-state index in [0.29, 0.717) is 32.5 Å². The fourth-order valence-corrected chi connectivity index (χ4v) is 5.05. The van der Waals surface area contributed by atoms with Gasteiger partial charge in [0.25, 0.3) is 0 Å². The van der Waals surface area contributed by atoms with Crippen LogP contribution in [0.2, 0.25) is 0 Å². The van der Waals surface area contributed by atoms with E-state index in [1.165, 1.54) is 57.8 Å². The van der Waals surface area contributed by atoms with E-state index < -0.39 is 23.5 Å². The van der Waals surface area contributed by atoms with Gasteiger partial charge in [-0.3, -0.25) is 4.79 Å². The zero-order valence-corrected chi connectivity index (χ0v) is 23.9. The fourth-order valence-electron chi connectivity index (χ4n) is 5.05. The Kier molecular flexibility index (Phi) is 18.9. The molecule has 0 heterocycles. The van der Waals surface area contributed by atoms with Crippen LogP contribution in [0.3, 0.4) is 0 Å². The van der Waals surface area contributed by atoms with E-state index in [1.807, 2.05) is 0 Å². The Labute approximate surface area is 226 Å². The summed E-state index contributed by atoms with van der Waals surface area (Å²) >= 11 is 0. The van der Waals surface area contributed by atoms with Crippen molar-refractivity contribution in [3.63, 3.8) is 0 Å². The van der Waals surface area contributed by atoms with Crippen LogP contribution in [0, 0.1) is 5.92 Å². The minimum absolute atomic E-state index is 0.109. The lowest BCUT2D eigenvalue weighted by atomic mass is 9.77. The van der Waals surface area contributed by atoms with Crippen molar-refractivity contribution >= 4 is 17.9 Å². The molecule has 1 aliphatic rings. The lowest BCUT2D eigenvalue weighted by Crippen LogP contribution is -2.49. The Morgan fingerprint density at radius 2 is 1.24 bits per heavy atom. The first-order valence-electron chi connectivity index (χ1n) is 15.2. The standard InChI is InChI=1S/C31H54O6/c1-4-7-9-11-12-13-14-15-16-18-19-24-35-29(33)27-22-21-23-31(26-27,37-28(32)6-3)30(34)36-25-20-17-10-8-5-2/h6,27H,3-5,7-26H2,1-2H3. The maximum Gasteiger partial charge on any atom is 0.350 e. The first-order valence-corrected chi connectivity index (χ1v) is 15.2. The number of ether oxygens (including phenoxy) is 3. The van der Waals surface area contributed by atoms with E-state index in [1.54, 1.807) is 0 Å². The Bertz CT molecular complexity index is 646. The lowest BCUT2D eigenvalue weighted by Gasteiger charge is -2.37. The molecule has 214 valence electrons. The van der Waals surface area contributed by atoms with Gasteiger partial charge in [0, 0.05) is 12.5 Å². The molecule has 6 nitrogen and oxygen atoms in total. The van der Waals surface area contributed by atoms with Crippen LogP contribution < -0.4 is 0 Å². The van der Waals surface area contributed by atoms with Crippen LogP contribution in [0.1, 0.15) is 142 Å². The summed E-state index contributed by atoms with van der Waals surface area (Å²) in [5, 5.41) is 0. The highest BCUT2D eigenvalue weighted by Gasteiger charge is 2.49. The summed E-state index contributed by atoms with van der Waals surface area (Å²) in [6.07, 6.45) is 21.5. The predicted molar refractivity (Wildman–Crippen MR) is 148 cm³/mol. The van der Waals surface area contributed by atoms with Gasteiger partial charge in [-0.2, -0.15) is 0 Å². The molecule has 0 N–H and O–H groups in total. The first-order chi connectivity index (χ1) is 18.0. The van der Waals surface area contributed by atoms with Crippen molar-refractivity contribution in [3.05, 3.63) is 12.7 Å². The topological polar surface area (TPSA) is 78.9 Å². The largest absolute Gasteiger partial charge is 0.465 e. The van der Waals surface area contributed by atoms with Crippen molar-refractivity contribution in [2.45, 2.75) is 148 Å². The van der Waals surface area contributed by atoms with Crippen molar-refractivity contribution in [1.82, 2.24) is 0 Å². The molecular formula is C31H54O6. The SMILES string of the molecule is C=CC(=O)OC1(C(=O)OCCCCCCC)CCCC(C(=O)OCCCCCCCCCCCCC)C1. The smallest absolute Gasteiger partial charge is 0.350 e. The van der Waals surface area contributed by atoms with Gasteiger partial charge in [0.05, 0.1) is 19.1 Å². The highest BCUT2D eigenvalue weighted by atomic mass is 16.6. The van der Waals surface area contributed by atoms with Crippen LogP contribution in [0.5, 0.6) is 0 Å². The molecule has 0 aromatic carbocycles. The molecule has 1 rings (SSSR count). The molecule has 0 radical (unpaired) electrons.